The third kappa shape index (κ3) is 5.89. The van der Waals surface area contributed by atoms with Crippen molar-refractivity contribution in [3.8, 4) is 5.88 Å². The lowest BCUT2D eigenvalue weighted by Crippen LogP contribution is -2.15. The van der Waals surface area contributed by atoms with Crippen LogP contribution in [0.15, 0.2) is 18.3 Å². The molecule has 4 heteroatoms. The summed E-state index contributed by atoms with van der Waals surface area (Å²) in [7, 11) is 1.65. The molecule has 1 rings (SSSR count). The zero-order chi connectivity index (χ0) is 12.3. The molecule has 0 saturated carbocycles. The van der Waals surface area contributed by atoms with E-state index in [0.29, 0.717) is 5.88 Å². The average Bonchev–Trinajstić information content (AvgIpc) is 2.38. The van der Waals surface area contributed by atoms with Crippen molar-refractivity contribution in [1.82, 2.24) is 10.3 Å². The van der Waals surface area contributed by atoms with Gasteiger partial charge in [-0.15, -0.1) is 11.6 Å². The molecule has 17 heavy (non-hydrogen) atoms. The summed E-state index contributed by atoms with van der Waals surface area (Å²) in [6.45, 7) is 1.84. The Morgan fingerprint density at radius 1 is 1.29 bits per heavy atom. The normalized spacial score (nSPS) is 10.5. The Hall–Kier alpha value is -0.800. The van der Waals surface area contributed by atoms with Crippen LogP contribution in [0.25, 0.3) is 0 Å². The third-order valence-corrected chi connectivity index (χ3v) is 2.86. The van der Waals surface area contributed by atoms with Crippen molar-refractivity contribution < 1.29 is 4.74 Å². The molecule has 0 unspecified atom stereocenters. The monoisotopic (exact) mass is 256 g/mol. The molecule has 3 nitrogen and oxygen atoms in total. The number of hydrogen-bond donors (Lipinski definition) is 1. The number of unbranched alkanes of at least 4 members (excludes halogenated alkanes) is 3. The number of pyridine rings is 1. The summed E-state index contributed by atoms with van der Waals surface area (Å²) < 4.78 is 5.19. The van der Waals surface area contributed by atoms with Crippen LogP contribution in [0, 0.1) is 0 Å². The fourth-order valence-electron chi connectivity index (χ4n) is 1.66. The predicted molar refractivity (Wildman–Crippen MR) is 71.7 cm³/mol. The Morgan fingerprint density at radius 2 is 2.12 bits per heavy atom. The van der Waals surface area contributed by atoms with Crippen LogP contribution in [-0.2, 0) is 6.54 Å². The van der Waals surface area contributed by atoms with Gasteiger partial charge in [0.1, 0.15) is 0 Å². The first-order valence-electron chi connectivity index (χ1n) is 6.13. The van der Waals surface area contributed by atoms with Crippen molar-refractivity contribution in [2.75, 3.05) is 19.5 Å². The van der Waals surface area contributed by atoms with Gasteiger partial charge in [-0.05, 0) is 25.5 Å². The quantitative estimate of drug-likeness (QED) is 0.545. The Morgan fingerprint density at radius 3 is 2.88 bits per heavy atom. The van der Waals surface area contributed by atoms with Gasteiger partial charge in [-0.1, -0.05) is 18.9 Å². The van der Waals surface area contributed by atoms with Crippen LogP contribution in [0.2, 0.25) is 0 Å². The largest absolute Gasteiger partial charge is 0.481 e. The molecule has 0 atom stereocenters. The van der Waals surface area contributed by atoms with E-state index in [1.807, 2.05) is 12.1 Å². The first kappa shape index (κ1) is 14.3. The summed E-state index contributed by atoms with van der Waals surface area (Å²) >= 11 is 5.62. The highest BCUT2D eigenvalue weighted by atomic mass is 35.5. The van der Waals surface area contributed by atoms with Gasteiger partial charge in [0, 0.05) is 24.2 Å². The van der Waals surface area contributed by atoms with Crippen LogP contribution in [0.4, 0.5) is 0 Å². The SMILES string of the molecule is COc1ncccc1CNCCCCCCCl. The lowest BCUT2D eigenvalue weighted by atomic mass is 10.2. The molecule has 1 aromatic rings. The maximum Gasteiger partial charge on any atom is 0.217 e. The van der Waals surface area contributed by atoms with Crippen LogP contribution >= 0.6 is 11.6 Å². The van der Waals surface area contributed by atoms with E-state index < -0.39 is 0 Å². The number of alkyl halides is 1. The molecule has 0 aliphatic rings. The summed E-state index contributed by atoms with van der Waals surface area (Å²) in [6, 6.07) is 3.96. The summed E-state index contributed by atoms with van der Waals surface area (Å²) in [5, 5.41) is 3.40. The minimum Gasteiger partial charge on any atom is -0.481 e. The van der Waals surface area contributed by atoms with E-state index in [9.17, 15) is 0 Å². The van der Waals surface area contributed by atoms with Gasteiger partial charge >= 0.3 is 0 Å². The lowest BCUT2D eigenvalue weighted by molar-refractivity contribution is 0.390. The van der Waals surface area contributed by atoms with E-state index in [2.05, 4.69) is 10.3 Å². The van der Waals surface area contributed by atoms with Gasteiger partial charge in [0.25, 0.3) is 0 Å². The van der Waals surface area contributed by atoms with Crippen LogP contribution in [-0.4, -0.2) is 24.5 Å². The van der Waals surface area contributed by atoms with Crippen LogP contribution in [0.3, 0.4) is 0 Å². The number of nitrogens with zero attached hydrogens (tertiary/aromatic N) is 1. The smallest absolute Gasteiger partial charge is 0.217 e. The minimum absolute atomic E-state index is 0.710. The molecule has 0 amide bonds. The van der Waals surface area contributed by atoms with Crippen LogP contribution in [0.1, 0.15) is 31.2 Å². The zero-order valence-corrected chi connectivity index (χ0v) is 11.2. The Balaban J connectivity index is 2.13. The molecule has 0 spiro atoms. The standard InChI is InChI=1S/C13H21ClN2O/c1-17-13-12(7-6-10-16-13)11-15-9-5-3-2-4-8-14/h6-7,10,15H,2-5,8-9,11H2,1H3. The molecule has 0 radical (unpaired) electrons. The lowest BCUT2D eigenvalue weighted by Gasteiger charge is -2.08. The number of aromatic nitrogens is 1. The van der Waals surface area contributed by atoms with E-state index in [0.717, 1.165) is 31.0 Å². The third-order valence-electron chi connectivity index (χ3n) is 2.60. The van der Waals surface area contributed by atoms with Crippen molar-refractivity contribution in [3.05, 3.63) is 23.9 Å². The highest BCUT2D eigenvalue weighted by Gasteiger charge is 2.01. The zero-order valence-electron chi connectivity index (χ0n) is 10.4. The topological polar surface area (TPSA) is 34.1 Å². The van der Waals surface area contributed by atoms with Crippen molar-refractivity contribution in [2.45, 2.75) is 32.2 Å². The van der Waals surface area contributed by atoms with Crippen molar-refractivity contribution >= 4 is 11.6 Å². The second-order valence-electron chi connectivity index (χ2n) is 3.95. The summed E-state index contributed by atoms with van der Waals surface area (Å²) in [4.78, 5) is 4.16. The summed E-state index contributed by atoms with van der Waals surface area (Å²) in [6.07, 6.45) is 6.53. The maximum atomic E-state index is 5.62. The number of rotatable bonds is 9. The minimum atomic E-state index is 0.710. The van der Waals surface area contributed by atoms with Gasteiger partial charge in [0.05, 0.1) is 7.11 Å². The number of halogens is 1. The molecule has 0 saturated heterocycles. The molecule has 1 N–H and O–H groups in total. The summed E-state index contributed by atoms with van der Waals surface area (Å²) in [5.74, 6) is 1.49. The predicted octanol–water partition coefficient (Wildman–Crippen LogP) is 2.98. The van der Waals surface area contributed by atoms with Gasteiger partial charge in [-0.25, -0.2) is 4.98 Å². The number of methoxy groups -OCH3 is 1. The van der Waals surface area contributed by atoms with Crippen LogP contribution in [0.5, 0.6) is 5.88 Å². The average molecular weight is 257 g/mol. The molecule has 0 aliphatic carbocycles. The number of ether oxygens (including phenoxy) is 1. The van der Waals surface area contributed by atoms with Gasteiger partial charge in [-0.2, -0.15) is 0 Å². The Labute approximate surface area is 109 Å². The van der Waals surface area contributed by atoms with E-state index in [-0.39, 0.29) is 0 Å². The van der Waals surface area contributed by atoms with Gasteiger partial charge in [-0.3, -0.25) is 0 Å². The van der Waals surface area contributed by atoms with E-state index in [1.54, 1.807) is 13.3 Å². The molecule has 0 aliphatic heterocycles. The van der Waals surface area contributed by atoms with E-state index >= 15 is 0 Å². The van der Waals surface area contributed by atoms with Crippen molar-refractivity contribution in [3.63, 3.8) is 0 Å². The fraction of sp³-hybridized carbons (Fsp3) is 0.615. The Kier molecular flexibility index (Phi) is 7.76. The highest BCUT2D eigenvalue weighted by Crippen LogP contribution is 2.12. The number of hydrogen-bond acceptors (Lipinski definition) is 3. The molecule has 0 fully saturated rings. The molecule has 0 bridgehead atoms. The number of nitrogens with one attached hydrogen (secondary N) is 1. The molecule has 1 aromatic heterocycles. The maximum absolute atomic E-state index is 5.62. The van der Waals surface area contributed by atoms with Gasteiger partial charge in [0.2, 0.25) is 5.88 Å². The molecule has 1 heterocycles. The van der Waals surface area contributed by atoms with E-state index in [1.165, 1.54) is 19.3 Å². The van der Waals surface area contributed by atoms with Crippen molar-refractivity contribution in [2.24, 2.45) is 0 Å². The van der Waals surface area contributed by atoms with E-state index in [4.69, 9.17) is 16.3 Å². The molecule has 96 valence electrons. The molecule has 0 aromatic carbocycles. The molecular weight excluding hydrogens is 236 g/mol. The highest BCUT2D eigenvalue weighted by molar-refractivity contribution is 6.17. The first-order chi connectivity index (χ1) is 8.38. The fourth-order valence-corrected chi connectivity index (χ4v) is 1.85. The van der Waals surface area contributed by atoms with Gasteiger partial charge in [0.15, 0.2) is 0 Å². The summed E-state index contributed by atoms with van der Waals surface area (Å²) in [5.41, 5.74) is 1.11. The molecular formula is C13H21ClN2O. The van der Waals surface area contributed by atoms with Crippen LogP contribution < -0.4 is 10.1 Å². The van der Waals surface area contributed by atoms with Gasteiger partial charge < -0.3 is 10.1 Å². The van der Waals surface area contributed by atoms with Crippen molar-refractivity contribution in [1.29, 1.82) is 0 Å². The first-order valence-corrected chi connectivity index (χ1v) is 6.66. The second-order valence-corrected chi connectivity index (χ2v) is 4.33. The second kappa shape index (κ2) is 9.25. The Bertz CT molecular complexity index is 307.